The Morgan fingerprint density at radius 2 is 0.941 bits per heavy atom. The van der Waals surface area contributed by atoms with Gasteiger partial charge in [-0.1, -0.05) is 46.4 Å². The van der Waals surface area contributed by atoms with Crippen LogP contribution in [0.4, 0.5) is 0 Å². The van der Waals surface area contributed by atoms with E-state index in [0.717, 1.165) is 37.8 Å². The van der Waals surface area contributed by atoms with E-state index < -0.39 is 7.12 Å². The van der Waals surface area contributed by atoms with Crippen molar-refractivity contribution in [3.05, 3.63) is 90.5 Å². The van der Waals surface area contributed by atoms with E-state index in [-0.39, 0.29) is 7.43 Å². The van der Waals surface area contributed by atoms with E-state index in [4.69, 9.17) is 66.1 Å². The normalized spacial score (nSPS) is 8.68. The quantitative estimate of drug-likeness (QED) is 0.106. The van der Waals surface area contributed by atoms with E-state index in [9.17, 15) is 0 Å². The molecule has 0 aliphatic carbocycles. The van der Waals surface area contributed by atoms with Crippen LogP contribution in [-0.4, -0.2) is 32.1 Å². The van der Waals surface area contributed by atoms with Crippen LogP contribution in [-0.2, 0) is 17.3 Å². The molecule has 184 valence electrons. The van der Waals surface area contributed by atoms with Gasteiger partial charge in [-0.15, -0.1) is 0 Å². The minimum absolute atomic E-state index is 0. The van der Waals surface area contributed by atoms with Gasteiger partial charge in [-0.2, -0.15) is 0 Å². The zero-order valence-corrected chi connectivity index (χ0v) is 28.7. The fourth-order valence-corrected chi connectivity index (χ4v) is 4.05. The van der Waals surface area contributed by atoms with Gasteiger partial charge in [0.2, 0.25) is 0 Å². The summed E-state index contributed by atoms with van der Waals surface area (Å²) in [5.41, 5.74) is 4.53. The van der Waals surface area contributed by atoms with Gasteiger partial charge in [0.05, 0.1) is 0 Å². The van der Waals surface area contributed by atoms with Crippen LogP contribution < -0.4 is 0 Å². The Labute approximate surface area is 251 Å². The van der Waals surface area contributed by atoms with Crippen molar-refractivity contribution in [3.8, 4) is 0 Å². The molecule has 0 aromatic carbocycles. The Bertz CT molecular complexity index is 704. The first-order chi connectivity index (χ1) is 15.3. The van der Waals surface area contributed by atoms with Crippen LogP contribution >= 0.6 is 78.7 Å². The van der Waals surface area contributed by atoms with Crippen LogP contribution in [0.3, 0.4) is 0 Å². The molecule has 13 heteroatoms. The van der Waals surface area contributed by atoms with Gasteiger partial charge in [0.15, 0.2) is 0 Å². The third-order valence-corrected chi connectivity index (χ3v) is 4.26. The van der Waals surface area contributed by atoms with Crippen molar-refractivity contribution in [2.45, 2.75) is 34.5 Å². The molecule has 5 nitrogen and oxygen atoms in total. The molecule has 3 aromatic rings. The van der Waals surface area contributed by atoms with Crippen LogP contribution in [0.2, 0.25) is 27.4 Å². The predicted molar refractivity (Wildman–Crippen MR) is 153 cm³/mol. The summed E-state index contributed by atoms with van der Waals surface area (Å²) < 4.78 is 0.998. The fraction of sp³-hybridized carbons (Fsp3) is 0.238. The Hall–Kier alpha value is 0.238. The first-order valence-corrected chi connectivity index (χ1v) is 15.6. The molecule has 0 bridgehead atoms. The molecular weight excluding hydrogens is 707 g/mol. The van der Waals surface area contributed by atoms with Gasteiger partial charge in [-0.3, -0.25) is 4.98 Å². The monoisotopic (exact) mass is 729 g/mol. The fourth-order valence-electron chi connectivity index (χ4n) is 2.06. The molecule has 3 rings (SSSR count). The summed E-state index contributed by atoms with van der Waals surface area (Å²) in [4.78, 5) is 11.8. The van der Waals surface area contributed by atoms with Crippen LogP contribution in [0.1, 0.15) is 22.5 Å². The molecule has 0 saturated heterocycles. The second-order valence-electron chi connectivity index (χ2n) is 6.28. The van der Waals surface area contributed by atoms with Crippen molar-refractivity contribution in [1.29, 1.82) is 0 Å². The number of pyridine rings is 3. The molecule has 3 heterocycles. The Kier molecular flexibility index (Phi) is 25.6. The van der Waals surface area contributed by atoms with E-state index in [0.29, 0.717) is 20.6 Å². The molecule has 0 amide bonds. The van der Waals surface area contributed by atoms with Gasteiger partial charge in [-0.25, -0.2) is 9.97 Å². The summed E-state index contributed by atoms with van der Waals surface area (Å²) in [5.74, 6) is 0. The van der Waals surface area contributed by atoms with Gasteiger partial charge in [0.25, 0.3) is 0 Å². The van der Waals surface area contributed by atoms with Crippen molar-refractivity contribution in [2.75, 3.05) is 0 Å². The summed E-state index contributed by atoms with van der Waals surface area (Å²) in [6.45, 7) is 9.31. The molecule has 0 aliphatic rings. The summed E-state index contributed by atoms with van der Waals surface area (Å²) in [7, 11) is 3.60. The zero-order chi connectivity index (χ0) is 26.1. The van der Waals surface area contributed by atoms with Crippen molar-refractivity contribution in [2.24, 2.45) is 0 Å². The molecule has 0 unspecified atom stereocenters. The van der Waals surface area contributed by atoms with Crippen LogP contribution in [0, 0.1) is 38.7 Å². The Morgan fingerprint density at radius 3 is 1.18 bits per heavy atom. The zero-order valence-electron chi connectivity index (χ0n) is 19.8. The first-order valence-electron chi connectivity index (χ1n) is 9.11. The summed E-state index contributed by atoms with van der Waals surface area (Å²) in [6.07, 6.45) is 0. The number of rotatable bonds is 0. The summed E-state index contributed by atoms with van der Waals surface area (Å²) in [5, 5.41) is 17.0. The Morgan fingerprint density at radius 1 is 0.676 bits per heavy atom. The van der Waals surface area contributed by atoms with Crippen molar-refractivity contribution >= 4 is 85.8 Å². The molecular formula is C21H26BCl5IN3O2Zn. The first kappa shape index (κ1) is 38.8. The summed E-state index contributed by atoms with van der Waals surface area (Å²) in [6, 6.07) is 11.2. The second-order valence-corrected chi connectivity index (χ2v) is 9.07. The number of nitrogens with zero attached hydrogens (tertiary/aromatic N) is 3. The third-order valence-electron chi connectivity index (χ3n) is 2.86. The van der Waals surface area contributed by atoms with E-state index >= 15 is 0 Å². The third kappa shape index (κ3) is 24.0. The van der Waals surface area contributed by atoms with Gasteiger partial charge in [-0.05, 0) is 105 Å². The van der Waals surface area contributed by atoms with Gasteiger partial charge >= 0.3 is 34.1 Å². The van der Waals surface area contributed by atoms with Gasteiger partial charge < -0.3 is 17.5 Å². The molecule has 0 spiro atoms. The van der Waals surface area contributed by atoms with Gasteiger partial charge in [0, 0.05) is 15.0 Å². The second kappa shape index (κ2) is 22.4. The van der Waals surface area contributed by atoms with Crippen molar-refractivity contribution < 1.29 is 27.4 Å². The molecule has 0 saturated carbocycles. The van der Waals surface area contributed by atoms with E-state index in [1.807, 2.05) is 20.8 Å². The standard InChI is InChI=1S/C8H11N.C6H5Cl2N.C5H2Cl2IN.CH5BO2.CH3.ClH.Zn/c1-6-4-7(2)9-8(3)5-6;1-4-2-5(7)9-6(8)3-4;6-4-1-3(8)2-5(7)9-4;1-2(3)4;;;/h4-5H,1-3H3;2-3H,1H3;1-2H;3-4H,1H3;1H3;1H;/q;;;;-1;;+2/p-1. The van der Waals surface area contributed by atoms with Crippen LogP contribution in [0.5, 0.6) is 0 Å². The predicted octanol–water partition coefficient (Wildman–Crippen LogP) is 7.92. The molecule has 0 atom stereocenters. The van der Waals surface area contributed by atoms with Crippen molar-refractivity contribution in [1.82, 2.24) is 15.0 Å². The maximum absolute atomic E-state index is 7.61. The molecule has 3 aromatic heterocycles. The molecule has 0 radical (unpaired) electrons. The number of hydrogen-bond donors (Lipinski definition) is 2. The van der Waals surface area contributed by atoms with Crippen molar-refractivity contribution in [3.63, 3.8) is 0 Å². The van der Waals surface area contributed by atoms with E-state index in [2.05, 4.69) is 56.6 Å². The average molecular weight is 733 g/mol. The van der Waals surface area contributed by atoms with E-state index in [1.165, 1.54) is 12.4 Å². The number of aryl methyl sites for hydroxylation is 4. The van der Waals surface area contributed by atoms with E-state index in [1.54, 1.807) is 24.3 Å². The summed E-state index contributed by atoms with van der Waals surface area (Å²) >= 11 is 25.2. The number of halogens is 6. The van der Waals surface area contributed by atoms with Crippen LogP contribution in [0.15, 0.2) is 36.4 Å². The van der Waals surface area contributed by atoms with Gasteiger partial charge in [0.1, 0.15) is 20.6 Å². The Balaban J connectivity index is -0.000000375. The maximum atomic E-state index is 7.61. The topological polar surface area (TPSA) is 79.1 Å². The molecule has 0 fully saturated rings. The molecule has 0 aliphatic heterocycles. The van der Waals surface area contributed by atoms with Crippen LogP contribution in [0.25, 0.3) is 0 Å². The number of hydrogen-bond acceptors (Lipinski definition) is 5. The molecule has 34 heavy (non-hydrogen) atoms. The number of aromatic nitrogens is 3. The SMILES string of the molecule is CB(O)O.Cc1cc(C)nc(C)c1.Cc1cc(Cl)nc(Cl)c1.Clc1cc(I)cc(Cl)n1.[CH3-].[Cl][Zn+]. The minimum atomic E-state index is -1.17. The molecule has 2 N–H and O–H groups in total. The average Bonchev–Trinajstić information content (AvgIpc) is 2.60.